The number of carbonyl (C=O) groups excluding carboxylic acids is 1. The Morgan fingerprint density at radius 3 is 2.61 bits per heavy atom. The molecule has 0 aliphatic rings. The number of hydrogen-bond acceptors (Lipinski definition) is 4. The number of rotatable bonds is 5. The van der Waals surface area contributed by atoms with E-state index in [2.05, 4.69) is 35.1 Å². The van der Waals surface area contributed by atoms with Gasteiger partial charge in [-0.2, -0.15) is 0 Å². The maximum Gasteiger partial charge on any atom is 0.302 e. The minimum atomic E-state index is -0.521. The van der Waals surface area contributed by atoms with Crippen LogP contribution in [-0.4, -0.2) is 22.6 Å². The number of hydrogen-bond donors (Lipinski definition) is 2. The van der Waals surface area contributed by atoms with Crippen molar-refractivity contribution in [3.63, 3.8) is 0 Å². The summed E-state index contributed by atoms with van der Waals surface area (Å²) in [5, 5.41) is 18.6. The summed E-state index contributed by atoms with van der Waals surface area (Å²) in [5.74, 6) is 0.403. The zero-order valence-corrected chi connectivity index (χ0v) is 16.8. The third-order valence-electron chi connectivity index (χ3n) is 4.69. The molecule has 1 aromatic heterocycles. The van der Waals surface area contributed by atoms with Crippen molar-refractivity contribution in [1.82, 2.24) is 4.98 Å². The van der Waals surface area contributed by atoms with E-state index in [9.17, 15) is 9.90 Å². The molecule has 3 aromatic rings. The highest BCUT2D eigenvalue weighted by atomic mass is 16.5. The summed E-state index contributed by atoms with van der Waals surface area (Å²) in [5.41, 5.74) is 5.16. The molecule has 0 aliphatic heterocycles. The van der Waals surface area contributed by atoms with Gasteiger partial charge in [0.25, 0.3) is 0 Å². The van der Waals surface area contributed by atoms with E-state index in [0.29, 0.717) is 11.7 Å². The van der Waals surface area contributed by atoms with E-state index in [1.165, 1.54) is 0 Å². The van der Waals surface area contributed by atoms with Gasteiger partial charge < -0.3 is 14.8 Å². The number of nitrogens with zero attached hydrogens (tertiary/aromatic N) is 2. The van der Waals surface area contributed by atoms with Crippen LogP contribution < -0.4 is 4.74 Å². The summed E-state index contributed by atoms with van der Waals surface area (Å²) >= 11 is 0. The van der Waals surface area contributed by atoms with Crippen LogP contribution in [0.3, 0.4) is 0 Å². The monoisotopic (exact) mass is 379 g/mol. The number of H-pyrrole nitrogens is 1. The number of amides is 1. The molecule has 0 bridgehead atoms. The summed E-state index contributed by atoms with van der Waals surface area (Å²) in [4.78, 5) is 15.0. The minimum absolute atomic E-state index is 0.110. The lowest BCUT2D eigenvalue weighted by Crippen LogP contribution is -2.09. The van der Waals surface area contributed by atoms with Crippen molar-refractivity contribution >= 4 is 22.5 Å². The van der Waals surface area contributed by atoms with Gasteiger partial charge in [0.15, 0.2) is 12.3 Å². The summed E-state index contributed by atoms with van der Waals surface area (Å²) in [7, 11) is 0. The highest BCUT2D eigenvalue weighted by Gasteiger charge is 2.14. The van der Waals surface area contributed by atoms with Gasteiger partial charge in [-0.15, -0.1) is 10.2 Å². The Morgan fingerprint density at radius 2 is 1.89 bits per heavy atom. The predicted molar refractivity (Wildman–Crippen MR) is 110 cm³/mol. The number of aryl methyl sites for hydroxylation is 3. The van der Waals surface area contributed by atoms with E-state index in [1.807, 2.05) is 45.0 Å². The molecule has 28 heavy (non-hydrogen) atoms. The van der Waals surface area contributed by atoms with Crippen LogP contribution in [0.25, 0.3) is 10.9 Å². The van der Waals surface area contributed by atoms with Gasteiger partial charge in [0.2, 0.25) is 5.88 Å². The van der Waals surface area contributed by atoms with Crippen molar-refractivity contribution < 1.29 is 14.6 Å². The number of nitrogens with one attached hydrogen (secondary N) is 1. The Bertz CT molecular complexity index is 1060. The molecule has 0 radical (unpaired) electrons. The molecular formula is C22H25N3O3. The van der Waals surface area contributed by atoms with Gasteiger partial charge in [-0.3, -0.25) is 4.79 Å². The zero-order chi connectivity index (χ0) is 20.4. The molecule has 6 nitrogen and oxygen atoms in total. The van der Waals surface area contributed by atoms with E-state index < -0.39 is 5.91 Å². The van der Waals surface area contributed by atoms with Crippen LogP contribution in [0.2, 0.25) is 0 Å². The average Bonchev–Trinajstić information content (AvgIpc) is 2.94. The summed E-state index contributed by atoms with van der Waals surface area (Å²) in [6.07, 6.45) is 0. The van der Waals surface area contributed by atoms with Gasteiger partial charge in [-0.05, 0) is 55.5 Å². The van der Waals surface area contributed by atoms with E-state index >= 15 is 0 Å². The Balaban J connectivity index is 1.76. The predicted octanol–water partition coefficient (Wildman–Crippen LogP) is 5.61. The van der Waals surface area contributed by atoms with Crippen LogP contribution in [-0.2, 0) is 4.79 Å². The number of aromatic hydroxyl groups is 1. The van der Waals surface area contributed by atoms with Crippen molar-refractivity contribution in [3.8, 4) is 11.6 Å². The molecule has 6 heteroatoms. The van der Waals surface area contributed by atoms with E-state index in [-0.39, 0.29) is 18.2 Å². The molecule has 0 saturated heterocycles. The van der Waals surface area contributed by atoms with Crippen LogP contribution in [0, 0.1) is 20.8 Å². The average molecular weight is 379 g/mol. The highest BCUT2D eigenvalue weighted by Crippen LogP contribution is 2.37. The van der Waals surface area contributed by atoms with Crippen LogP contribution in [0.1, 0.15) is 42.0 Å². The number of benzene rings is 2. The van der Waals surface area contributed by atoms with E-state index in [1.54, 1.807) is 0 Å². The second-order valence-corrected chi connectivity index (χ2v) is 7.39. The molecule has 0 aliphatic carbocycles. The van der Waals surface area contributed by atoms with Crippen molar-refractivity contribution in [2.75, 3.05) is 6.61 Å². The first-order valence-electron chi connectivity index (χ1n) is 9.26. The van der Waals surface area contributed by atoms with Gasteiger partial charge in [-0.25, -0.2) is 0 Å². The molecule has 2 N–H and O–H groups in total. The number of azo groups is 1. The smallest absolute Gasteiger partial charge is 0.302 e. The van der Waals surface area contributed by atoms with Gasteiger partial charge in [0.1, 0.15) is 5.75 Å². The quantitative estimate of drug-likeness (QED) is 0.565. The van der Waals surface area contributed by atoms with Crippen molar-refractivity contribution in [2.45, 2.75) is 40.5 Å². The molecule has 0 atom stereocenters. The van der Waals surface area contributed by atoms with Crippen LogP contribution >= 0.6 is 0 Å². The maximum absolute atomic E-state index is 12.1. The lowest BCUT2D eigenvalue weighted by molar-refractivity contribution is -0.120. The molecule has 0 fully saturated rings. The molecule has 3 rings (SSSR count). The summed E-state index contributed by atoms with van der Waals surface area (Å²) in [6.45, 7) is 9.83. The number of aromatic nitrogens is 1. The standard InChI is InChI=1S/C22H25N3O3/c1-12(2)16-7-6-14(4)18(10-16)28-11-19(26)24-25-21-17-9-13(3)8-15(5)20(17)23-22(21)27/h6-10,12,23,27H,11H2,1-5H3. The van der Waals surface area contributed by atoms with Gasteiger partial charge in [-0.1, -0.05) is 37.6 Å². The lowest BCUT2D eigenvalue weighted by Gasteiger charge is -2.11. The Hall–Kier alpha value is -3.15. The van der Waals surface area contributed by atoms with Crippen LogP contribution in [0.4, 0.5) is 5.69 Å². The fourth-order valence-electron chi connectivity index (χ4n) is 3.13. The fourth-order valence-corrected chi connectivity index (χ4v) is 3.13. The molecule has 1 amide bonds. The van der Waals surface area contributed by atoms with Crippen LogP contribution in [0.5, 0.6) is 11.6 Å². The second-order valence-electron chi connectivity index (χ2n) is 7.39. The number of fused-ring (bicyclic) bond motifs is 1. The molecule has 146 valence electrons. The van der Waals surface area contributed by atoms with Gasteiger partial charge in [0.05, 0.1) is 5.52 Å². The summed E-state index contributed by atoms with van der Waals surface area (Å²) in [6, 6.07) is 9.88. The van der Waals surface area contributed by atoms with Crippen molar-refractivity contribution in [2.24, 2.45) is 10.2 Å². The number of carbonyl (C=O) groups is 1. The molecular weight excluding hydrogens is 354 g/mol. The van der Waals surface area contributed by atoms with E-state index in [4.69, 9.17) is 4.74 Å². The minimum Gasteiger partial charge on any atom is -0.493 e. The summed E-state index contributed by atoms with van der Waals surface area (Å²) < 4.78 is 5.64. The van der Waals surface area contributed by atoms with E-state index in [0.717, 1.165) is 33.2 Å². The zero-order valence-electron chi connectivity index (χ0n) is 16.8. The normalized spacial score (nSPS) is 11.6. The fraction of sp³-hybridized carbons (Fsp3) is 0.318. The van der Waals surface area contributed by atoms with Crippen LogP contribution in [0.15, 0.2) is 40.6 Å². The second kappa shape index (κ2) is 7.84. The SMILES string of the molecule is Cc1cc(C)c2[nH]c(O)c(N=NC(=O)COc3cc(C(C)C)ccc3C)c2c1. The van der Waals surface area contributed by atoms with Gasteiger partial charge in [0, 0.05) is 5.39 Å². The number of ether oxygens (including phenoxy) is 1. The highest BCUT2D eigenvalue weighted by molar-refractivity contribution is 5.96. The third-order valence-corrected chi connectivity index (χ3v) is 4.69. The first-order chi connectivity index (χ1) is 13.3. The Kier molecular flexibility index (Phi) is 5.49. The number of aromatic amines is 1. The largest absolute Gasteiger partial charge is 0.493 e. The topological polar surface area (TPSA) is 87.0 Å². The first kappa shape index (κ1) is 19.6. The maximum atomic E-state index is 12.1. The third kappa shape index (κ3) is 4.06. The Labute approximate surface area is 164 Å². The first-order valence-corrected chi connectivity index (χ1v) is 9.26. The lowest BCUT2D eigenvalue weighted by atomic mass is 10.0. The van der Waals surface area contributed by atoms with Gasteiger partial charge >= 0.3 is 5.91 Å². The molecule has 0 unspecified atom stereocenters. The van der Waals surface area contributed by atoms with Crippen molar-refractivity contribution in [1.29, 1.82) is 0 Å². The Morgan fingerprint density at radius 1 is 1.14 bits per heavy atom. The van der Waals surface area contributed by atoms with Crippen molar-refractivity contribution in [3.05, 3.63) is 52.6 Å². The molecule has 1 heterocycles. The molecule has 0 saturated carbocycles. The molecule has 0 spiro atoms. The molecule has 2 aromatic carbocycles.